The van der Waals surface area contributed by atoms with Crippen LogP contribution in [0.15, 0.2) is 42.7 Å². The van der Waals surface area contributed by atoms with Crippen LogP contribution in [0.3, 0.4) is 0 Å². The van der Waals surface area contributed by atoms with E-state index in [0.29, 0.717) is 22.6 Å². The number of aliphatic hydroxyl groups excluding tert-OH is 1. The van der Waals surface area contributed by atoms with Crippen LogP contribution in [0, 0.1) is 0 Å². The number of nitrogens with two attached hydrogens (primary N) is 1. The number of nitrogen functional groups attached to an aromatic ring is 1. The van der Waals surface area contributed by atoms with E-state index in [1.54, 1.807) is 24.3 Å². The molecule has 1 fully saturated rings. The van der Waals surface area contributed by atoms with Gasteiger partial charge in [0.2, 0.25) is 0 Å². The number of carbonyl (C=O) groups is 2. The van der Waals surface area contributed by atoms with E-state index < -0.39 is 35.8 Å². The number of carbonyl (C=O) groups excluding carboxylic acids is 2. The first-order valence-electron chi connectivity index (χ1n) is 13.8. The molecule has 0 aliphatic carbocycles. The van der Waals surface area contributed by atoms with E-state index in [1.807, 2.05) is 0 Å². The molecule has 3 atom stereocenters. The van der Waals surface area contributed by atoms with Crippen molar-refractivity contribution < 1.29 is 37.3 Å². The molecule has 1 aliphatic heterocycles. The van der Waals surface area contributed by atoms with Gasteiger partial charge in [-0.1, -0.05) is 11.6 Å². The molecule has 5 rings (SSSR count). The van der Waals surface area contributed by atoms with E-state index in [-0.39, 0.29) is 53.9 Å². The number of imidazole rings is 1. The lowest BCUT2D eigenvalue weighted by Gasteiger charge is -2.38. The van der Waals surface area contributed by atoms with Crippen LogP contribution in [-0.2, 0) is 15.7 Å². The Morgan fingerprint density at radius 3 is 2.71 bits per heavy atom. The summed E-state index contributed by atoms with van der Waals surface area (Å²) in [6.07, 6.45) is -4.28. The van der Waals surface area contributed by atoms with Crippen molar-refractivity contribution in [3.63, 3.8) is 0 Å². The highest BCUT2D eigenvalue weighted by Crippen LogP contribution is 2.39. The Bertz CT molecular complexity index is 1760. The average Bonchev–Trinajstić information content (AvgIpc) is 3.40. The van der Waals surface area contributed by atoms with Crippen molar-refractivity contribution in [3.05, 3.63) is 64.8 Å². The summed E-state index contributed by atoms with van der Waals surface area (Å²) in [6, 6.07) is 5.65. The summed E-state index contributed by atoms with van der Waals surface area (Å²) >= 11 is 6.58. The molecule has 3 aromatic heterocycles. The van der Waals surface area contributed by atoms with E-state index in [2.05, 4.69) is 15.3 Å². The van der Waals surface area contributed by atoms with Crippen LogP contribution in [0.5, 0.6) is 5.75 Å². The second kappa shape index (κ2) is 12.5. The molecule has 1 aromatic carbocycles. The van der Waals surface area contributed by atoms with Gasteiger partial charge in [0, 0.05) is 17.3 Å². The Labute approximate surface area is 259 Å². The second-order valence-corrected chi connectivity index (χ2v) is 10.7. The topological polar surface area (TPSA) is 157 Å². The van der Waals surface area contributed by atoms with Gasteiger partial charge in [0.25, 0.3) is 11.8 Å². The number of hydrogen-bond donors (Lipinski definition) is 3. The van der Waals surface area contributed by atoms with E-state index in [1.165, 1.54) is 30.2 Å². The van der Waals surface area contributed by atoms with Gasteiger partial charge in [0.05, 0.1) is 37.6 Å². The Hall–Kier alpha value is -4.47. The maximum atomic E-state index is 13.1. The number of ether oxygens (including phenoxy) is 2. The molecule has 4 aromatic rings. The first kappa shape index (κ1) is 31.9. The van der Waals surface area contributed by atoms with Gasteiger partial charge in [-0.3, -0.25) is 14.0 Å². The SMILES string of the molecule is CCOc1cc(C(=O)Nc2cc(C(F)(F)F)ccn2)ccc1-c1nc([C@H]2CN(C(=O)[C@@H](C)O)[C@@H](C)CO2)n2c(Cl)cnc(N)c12. The van der Waals surface area contributed by atoms with Gasteiger partial charge in [-0.25, -0.2) is 15.0 Å². The summed E-state index contributed by atoms with van der Waals surface area (Å²) in [6.45, 7) is 5.36. The molecule has 1 saturated heterocycles. The lowest BCUT2D eigenvalue weighted by Crippen LogP contribution is -2.51. The molecule has 16 heteroatoms. The van der Waals surface area contributed by atoms with Crippen molar-refractivity contribution in [2.24, 2.45) is 0 Å². The zero-order valence-corrected chi connectivity index (χ0v) is 25.1. The van der Waals surface area contributed by atoms with Crippen molar-refractivity contribution in [2.75, 3.05) is 30.8 Å². The average molecular weight is 648 g/mol. The number of aromatic nitrogens is 4. The zero-order chi connectivity index (χ0) is 32.6. The summed E-state index contributed by atoms with van der Waals surface area (Å²) in [5, 5.41) is 12.5. The molecule has 1 aliphatic rings. The summed E-state index contributed by atoms with van der Waals surface area (Å²) in [5.41, 5.74) is 6.45. The largest absolute Gasteiger partial charge is 0.493 e. The second-order valence-electron chi connectivity index (χ2n) is 10.3. The number of rotatable bonds is 7. The summed E-state index contributed by atoms with van der Waals surface area (Å²) in [4.78, 5) is 40.1. The lowest BCUT2D eigenvalue weighted by molar-refractivity contribution is -0.152. The monoisotopic (exact) mass is 647 g/mol. The van der Waals surface area contributed by atoms with E-state index in [0.717, 1.165) is 18.3 Å². The Balaban J connectivity index is 1.55. The molecular weight excluding hydrogens is 619 g/mol. The van der Waals surface area contributed by atoms with Crippen LogP contribution in [0.4, 0.5) is 24.8 Å². The molecule has 0 saturated carbocycles. The molecule has 0 spiro atoms. The quantitative estimate of drug-likeness (QED) is 0.265. The number of nitrogens with zero attached hydrogens (tertiary/aromatic N) is 5. The number of pyridine rings is 1. The first-order chi connectivity index (χ1) is 21.3. The third-order valence-corrected chi connectivity index (χ3v) is 7.43. The number of halogens is 4. The molecule has 0 unspecified atom stereocenters. The molecule has 12 nitrogen and oxygen atoms in total. The van der Waals surface area contributed by atoms with Crippen LogP contribution in [0.2, 0.25) is 5.15 Å². The standard InChI is InChI=1S/C29H29ClF3N7O5/c1-4-44-19-9-16(27(42)37-22-10-17(7-8-35-22)29(31,32)33)5-6-18(19)23-24-25(34)36-11-21(30)40(24)26(38-23)20-12-39(14(2)13-45-20)28(43)15(3)41/h5-11,14-15,20,41H,4,12-13H2,1-3H3,(H2,34,36)(H,35,37,42)/t14-,15+,20+/m0/s1. The van der Waals surface area contributed by atoms with Gasteiger partial charge in [0.15, 0.2) is 0 Å². The van der Waals surface area contributed by atoms with Crippen LogP contribution >= 0.6 is 11.6 Å². The fourth-order valence-electron chi connectivity index (χ4n) is 4.99. The number of alkyl halides is 3. The van der Waals surface area contributed by atoms with Gasteiger partial charge < -0.3 is 30.5 Å². The fourth-order valence-corrected chi connectivity index (χ4v) is 5.21. The van der Waals surface area contributed by atoms with Gasteiger partial charge >= 0.3 is 6.18 Å². The van der Waals surface area contributed by atoms with Gasteiger partial charge in [-0.15, -0.1) is 0 Å². The number of morpholine rings is 1. The number of fused-ring (bicyclic) bond motifs is 1. The first-order valence-corrected chi connectivity index (χ1v) is 14.2. The Kier molecular flexibility index (Phi) is 8.87. The molecule has 0 bridgehead atoms. The molecule has 0 radical (unpaired) electrons. The van der Waals surface area contributed by atoms with Gasteiger partial charge in [-0.2, -0.15) is 13.2 Å². The van der Waals surface area contributed by atoms with Crippen molar-refractivity contribution in [3.8, 4) is 17.0 Å². The van der Waals surface area contributed by atoms with Crippen LogP contribution in [0.25, 0.3) is 16.8 Å². The summed E-state index contributed by atoms with van der Waals surface area (Å²) < 4.78 is 52.9. The van der Waals surface area contributed by atoms with Gasteiger partial charge in [0.1, 0.15) is 51.8 Å². The predicted molar refractivity (Wildman–Crippen MR) is 158 cm³/mol. The van der Waals surface area contributed by atoms with Crippen LogP contribution < -0.4 is 15.8 Å². The predicted octanol–water partition coefficient (Wildman–Crippen LogP) is 4.37. The summed E-state index contributed by atoms with van der Waals surface area (Å²) in [5.74, 6) is -0.848. The number of amides is 2. The lowest BCUT2D eigenvalue weighted by atomic mass is 10.1. The number of nitrogens with one attached hydrogen (secondary N) is 1. The fraction of sp³-hybridized carbons (Fsp3) is 0.345. The highest BCUT2D eigenvalue weighted by molar-refractivity contribution is 6.30. The number of aliphatic hydroxyl groups is 1. The van der Waals surface area contributed by atoms with E-state index >= 15 is 0 Å². The van der Waals surface area contributed by atoms with E-state index in [4.69, 9.17) is 31.8 Å². The minimum atomic E-state index is -4.61. The minimum Gasteiger partial charge on any atom is -0.493 e. The van der Waals surface area contributed by atoms with Crippen LogP contribution in [0.1, 0.15) is 48.6 Å². The van der Waals surface area contributed by atoms with Crippen molar-refractivity contribution >= 4 is 40.6 Å². The van der Waals surface area contributed by atoms with Crippen molar-refractivity contribution in [1.29, 1.82) is 0 Å². The molecular formula is C29H29ClF3N7O5. The van der Waals surface area contributed by atoms with Crippen molar-refractivity contribution in [2.45, 2.75) is 45.2 Å². The van der Waals surface area contributed by atoms with Crippen molar-refractivity contribution in [1.82, 2.24) is 24.3 Å². The minimum absolute atomic E-state index is 0.0724. The highest BCUT2D eigenvalue weighted by atomic mass is 35.5. The smallest absolute Gasteiger partial charge is 0.416 e. The molecule has 45 heavy (non-hydrogen) atoms. The van der Waals surface area contributed by atoms with E-state index in [9.17, 15) is 27.9 Å². The Morgan fingerprint density at radius 1 is 1.27 bits per heavy atom. The number of anilines is 2. The highest BCUT2D eigenvalue weighted by Gasteiger charge is 2.36. The maximum Gasteiger partial charge on any atom is 0.416 e. The number of hydrogen-bond acceptors (Lipinski definition) is 9. The molecule has 238 valence electrons. The van der Waals surface area contributed by atoms with Crippen LogP contribution in [-0.4, -0.2) is 73.1 Å². The maximum absolute atomic E-state index is 13.1. The molecule has 4 heterocycles. The van der Waals surface area contributed by atoms with Gasteiger partial charge in [-0.05, 0) is 51.1 Å². The third-order valence-electron chi connectivity index (χ3n) is 7.16. The number of benzene rings is 1. The summed E-state index contributed by atoms with van der Waals surface area (Å²) in [7, 11) is 0. The molecule has 4 N–H and O–H groups in total. The zero-order valence-electron chi connectivity index (χ0n) is 24.3. The Morgan fingerprint density at radius 2 is 2.02 bits per heavy atom. The molecule has 2 amide bonds. The third kappa shape index (κ3) is 6.36. The normalized spacial score (nSPS) is 17.7.